The normalized spacial score (nSPS) is 13.8. The largest absolute Gasteiger partial charge is 0.384 e. The van der Waals surface area contributed by atoms with E-state index in [4.69, 9.17) is 14.5 Å². The van der Waals surface area contributed by atoms with Crippen LogP contribution in [0.3, 0.4) is 0 Å². The standard InChI is InChI=1S/C5H14BO4P/c1-9-3-5(2-6)4-10-11(7)8/h5,7-8H,2-4,6H2,1H3. The molecule has 0 aromatic carbocycles. The lowest BCUT2D eigenvalue weighted by Gasteiger charge is -2.13. The third-order valence-corrected chi connectivity index (χ3v) is 1.79. The van der Waals surface area contributed by atoms with Crippen LogP contribution in [0.15, 0.2) is 0 Å². The Morgan fingerprint density at radius 1 is 1.45 bits per heavy atom. The van der Waals surface area contributed by atoms with Gasteiger partial charge in [0.1, 0.15) is 7.85 Å². The fraction of sp³-hybridized carbons (Fsp3) is 1.00. The predicted molar refractivity (Wildman–Crippen MR) is 46.0 cm³/mol. The highest BCUT2D eigenvalue weighted by Gasteiger charge is 2.08. The molecule has 6 heteroatoms. The monoisotopic (exact) mass is 180 g/mol. The van der Waals surface area contributed by atoms with E-state index in [1.54, 1.807) is 7.11 Å². The molecule has 2 N–H and O–H groups in total. The summed E-state index contributed by atoms with van der Waals surface area (Å²) in [6.07, 6.45) is 0.914. The topological polar surface area (TPSA) is 58.9 Å². The van der Waals surface area contributed by atoms with Crippen molar-refractivity contribution in [3.63, 3.8) is 0 Å². The quantitative estimate of drug-likeness (QED) is 0.428. The van der Waals surface area contributed by atoms with Crippen molar-refractivity contribution >= 4 is 16.4 Å². The molecule has 0 aliphatic heterocycles. The Hall–Kier alpha value is 0.335. The van der Waals surface area contributed by atoms with E-state index in [0.717, 1.165) is 6.32 Å². The minimum absolute atomic E-state index is 0.254. The van der Waals surface area contributed by atoms with E-state index in [2.05, 4.69) is 4.52 Å². The zero-order chi connectivity index (χ0) is 8.69. The highest BCUT2D eigenvalue weighted by atomic mass is 31.2. The lowest BCUT2D eigenvalue weighted by atomic mass is 9.93. The molecule has 0 aliphatic rings. The molecule has 0 amide bonds. The zero-order valence-corrected chi connectivity index (χ0v) is 7.75. The van der Waals surface area contributed by atoms with Gasteiger partial charge in [-0.15, -0.1) is 0 Å². The molecule has 66 valence electrons. The third kappa shape index (κ3) is 6.72. The first-order chi connectivity index (χ1) is 5.20. The Morgan fingerprint density at radius 2 is 2.09 bits per heavy atom. The van der Waals surface area contributed by atoms with Gasteiger partial charge in [0.05, 0.1) is 13.2 Å². The molecule has 0 radical (unpaired) electrons. The van der Waals surface area contributed by atoms with Crippen molar-refractivity contribution in [3.8, 4) is 0 Å². The van der Waals surface area contributed by atoms with E-state index in [0.29, 0.717) is 13.2 Å². The van der Waals surface area contributed by atoms with Gasteiger partial charge in [-0.25, -0.2) is 0 Å². The average Bonchev–Trinajstić information content (AvgIpc) is 1.97. The summed E-state index contributed by atoms with van der Waals surface area (Å²) >= 11 is 0. The smallest absolute Gasteiger partial charge is 0.327 e. The maximum Gasteiger partial charge on any atom is 0.327 e. The summed E-state index contributed by atoms with van der Waals surface area (Å²) < 4.78 is 9.53. The molecule has 0 aromatic rings. The maximum absolute atomic E-state index is 8.42. The SMILES string of the molecule is BCC(COC)COP(O)O. The van der Waals surface area contributed by atoms with Crippen LogP contribution in [0.5, 0.6) is 0 Å². The number of hydrogen-bond donors (Lipinski definition) is 2. The number of methoxy groups -OCH3 is 1. The van der Waals surface area contributed by atoms with E-state index in [9.17, 15) is 0 Å². The molecular formula is C5H14BO4P. The Labute approximate surface area is 68.9 Å². The molecule has 0 fully saturated rings. The van der Waals surface area contributed by atoms with Crippen LogP contribution in [0.25, 0.3) is 0 Å². The molecular weight excluding hydrogens is 166 g/mol. The average molecular weight is 180 g/mol. The molecule has 11 heavy (non-hydrogen) atoms. The van der Waals surface area contributed by atoms with Crippen LogP contribution in [0, 0.1) is 5.92 Å². The van der Waals surface area contributed by atoms with Crippen molar-refractivity contribution in [2.24, 2.45) is 5.92 Å². The Balaban J connectivity index is 3.35. The van der Waals surface area contributed by atoms with Crippen LogP contribution in [0.4, 0.5) is 0 Å². The second-order valence-corrected chi connectivity index (χ2v) is 3.04. The van der Waals surface area contributed by atoms with Gasteiger partial charge >= 0.3 is 8.60 Å². The Morgan fingerprint density at radius 3 is 2.45 bits per heavy atom. The minimum atomic E-state index is -2.20. The van der Waals surface area contributed by atoms with Crippen molar-refractivity contribution in [2.75, 3.05) is 20.3 Å². The summed E-state index contributed by atoms with van der Waals surface area (Å²) in [7, 11) is 1.41. The van der Waals surface area contributed by atoms with E-state index >= 15 is 0 Å². The lowest BCUT2D eigenvalue weighted by Crippen LogP contribution is -2.13. The van der Waals surface area contributed by atoms with Crippen LogP contribution < -0.4 is 0 Å². The van der Waals surface area contributed by atoms with E-state index in [1.807, 2.05) is 7.85 Å². The van der Waals surface area contributed by atoms with Crippen LogP contribution >= 0.6 is 8.60 Å². The van der Waals surface area contributed by atoms with Crippen molar-refractivity contribution in [3.05, 3.63) is 0 Å². The van der Waals surface area contributed by atoms with Crippen LogP contribution in [-0.2, 0) is 9.26 Å². The van der Waals surface area contributed by atoms with Crippen molar-refractivity contribution in [1.29, 1.82) is 0 Å². The molecule has 0 saturated carbocycles. The Kier molecular flexibility index (Phi) is 7.22. The molecule has 0 aliphatic carbocycles. The number of ether oxygens (including phenoxy) is 1. The second kappa shape index (κ2) is 7.01. The van der Waals surface area contributed by atoms with Gasteiger partial charge in [0.15, 0.2) is 0 Å². The molecule has 4 nitrogen and oxygen atoms in total. The van der Waals surface area contributed by atoms with Crippen molar-refractivity contribution in [2.45, 2.75) is 6.32 Å². The number of hydrogen-bond acceptors (Lipinski definition) is 4. The minimum Gasteiger partial charge on any atom is -0.384 e. The molecule has 1 unspecified atom stereocenters. The van der Waals surface area contributed by atoms with Crippen LogP contribution in [-0.4, -0.2) is 38.0 Å². The van der Waals surface area contributed by atoms with Gasteiger partial charge in [-0.05, 0) is 5.92 Å². The molecule has 0 aromatic heterocycles. The fourth-order valence-corrected chi connectivity index (χ4v) is 1.04. The zero-order valence-electron chi connectivity index (χ0n) is 6.86. The summed E-state index contributed by atoms with van der Waals surface area (Å²) in [6, 6.07) is 0. The first-order valence-corrected chi connectivity index (χ1v) is 4.67. The maximum atomic E-state index is 8.42. The van der Waals surface area contributed by atoms with Crippen LogP contribution in [0.2, 0.25) is 6.32 Å². The first-order valence-electron chi connectivity index (χ1n) is 3.50. The highest BCUT2D eigenvalue weighted by Crippen LogP contribution is 2.25. The molecule has 0 saturated heterocycles. The molecule has 0 rings (SSSR count). The molecule has 0 heterocycles. The van der Waals surface area contributed by atoms with Gasteiger partial charge in [0.25, 0.3) is 0 Å². The molecule has 0 spiro atoms. The Bertz CT molecular complexity index is 92.6. The van der Waals surface area contributed by atoms with Gasteiger partial charge in [0.2, 0.25) is 0 Å². The van der Waals surface area contributed by atoms with Gasteiger partial charge in [0, 0.05) is 7.11 Å². The summed E-state index contributed by atoms with van der Waals surface area (Å²) in [5.41, 5.74) is 0. The molecule has 1 atom stereocenters. The first kappa shape index (κ1) is 11.3. The third-order valence-electron chi connectivity index (χ3n) is 1.41. The number of rotatable bonds is 6. The summed E-state index contributed by atoms with van der Waals surface area (Å²) in [6.45, 7) is 0.947. The predicted octanol–water partition coefficient (Wildman–Crippen LogP) is -0.472. The van der Waals surface area contributed by atoms with Gasteiger partial charge in [-0.1, -0.05) is 6.32 Å². The molecule has 0 bridgehead atoms. The van der Waals surface area contributed by atoms with Crippen molar-refractivity contribution in [1.82, 2.24) is 0 Å². The second-order valence-electron chi connectivity index (χ2n) is 2.28. The van der Waals surface area contributed by atoms with Gasteiger partial charge in [-0.2, -0.15) is 0 Å². The summed E-state index contributed by atoms with van der Waals surface area (Å²) in [5, 5.41) is 0. The van der Waals surface area contributed by atoms with Crippen LogP contribution in [0.1, 0.15) is 0 Å². The van der Waals surface area contributed by atoms with E-state index < -0.39 is 8.60 Å². The van der Waals surface area contributed by atoms with E-state index in [1.165, 1.54) is 0 Å². The van der Waals surface area contributed by atoms with E-state index in [-0.39, 0.29) is 5.92 Å². The summed E-state index contributed by atoms with van der Waals surface area (Å²) in [5.74, 6) is 0.254. The fourth-order valence-electron chi connectivity index (χ4n) is 0.692. The highest BCUT2D eigenvalue weighted by molar-refractivity contribution is 7.39. The van der Waals surface area contributed by atoms with Gasteiger partial charge < -0.3 is 19.0 Å². The summed E-state index contributed by atoms with van der Waals surface area (Å²) in [4.78, 5) is 16.8. The van der Waals surface area contributed by atoms with Crippen molar-refractivity contribution < 1.29 is 19.0 Å². The van der Waals surface area contributed by atoms with Gasteiger partial charge in [-0.3, -0.25) is 0 Å². The lowest BCUT2D eigenvalue weighted by molar-refractivity contribution is 0.121.